The first kappa shape index (κ1) is 14.1. The van der Waals surface area contributed by atoms with Gasteiger partial charge in [-0.2, -0.15) is 0 Å². The molecule has 1 heterocycles. The van der Waals surface area contributed by atoms with Crippen molar-refractivity contribution in [1.82, 2.24) is 4.98 Å². The van der Waals surface area contributed by atoms with E-state index in [1.54, 1.807) is 19.4 Å². The van der Waals surface area contributed by atoms with Gasteiger partial charge in [0.25, 0.3) is 0 Å². The predicted octanol–water partition coefficient (Wildman–Crippen LogP) is 2.79. The van der Waals surface area contributed by atoms with Crippen molar-refractivity contribution < 1.29 is 4.74 Å². The molecule has 0 aliphatic rings. The van der Waals surface area contributed by atoms with E-state index in [9.17, 15) is 0 Å². The number of nitrogens with one attached hydrogen (secondary N) is 1. The zero-order valence-electron chi connectivity index (χ0n) is 10.6. The van der Waals surface area contributed by atoms with Crippen LogP contribution in [-0.2, 0) is 4.74 Å². The molecule has 0 atom stereocenters. The number of aromatic nitrogens is 1. The van der Waals surface area contributed by atoms with E-state index in [0.29, 0.717) is 16.5 Å². The maximum atomic E-state index is 6.03. The Labute approximate surface area is 108 Å². The summed E-state index contributed by atoms with van der Waals surface area (Å²) in [7, 11) is 1.71. The molecule has 0 radical (unpaired) electrons. The Morgan fingerprint density at radius 3 is 2.82 bits per heavy atom. The molecule has 1 aromatic rings. The number of ether oxygens (including phenoxy) is 1. The lowest BCUT2D eigenvalue weighted by atomic mass is 9.90. The summed E-state index contributed by atoms with van der Waals surface area (Å²) in [6.45, 7) is 5.87. The molecule has 1 aromatic heterocycles. The summed E-state index contributed by atoms with van der Waals surface area (Å²) >= 11 is 6.03. The standard InChI is InChI=1S/C12H20ClN3O/c1-12(2,4-5-17-3)8-16-11-10(13)6-9(14)7-15-11/h6-7H,4-5,8,14H2,1-3H3,(H,15,16). The van der Waals surface area contributed by atoms with E-state index < -0.39 is 0 Å². The van der Waals surface area contributed by atoms with Crippen LogP contribution in [0, 0.1) is 5.41 Å². The Morgan fingerprint density at radius 1 is 1.53 bits per heavy atom. The van der Waals surface area contributed by atoms with Crippen LogP contribution in [0.5, 0.6) is 0 Å². The largest absolute Gasteiger partial charge is 0.397 e. The third kappa shape index (κ3) is 4.79. The van der Waals surface area contributed by atoms with Crippen molar-refractivity contribution in [3.63, 3.8) is 0 Å². The molecule has 0 amide bonds. The topological polar surface area (TPSA) is 60.2 Å². The first-order valence-corrected chi connectivity index (χ1v) is 5.96. The van der Waals surface area contributed by atoms with Crippen LogP contribution in [0.4, 0.5) is 11.5 Å². The molecule has 1 rings (SSSR count). The van der Waals surface area contributed by atoms with Crippen LogP contribution in [0.25, 0.3) is 0 Å². The molecule has 0 bridgehead atoms. The molecular weight excluding hydrogens is 238 g/mol. The van der Waals surface area contributed by atoms with E-state index >= 15 is 0 Å². The Hall–Kier alpha value is -1.00. The highest BCUT2D eigenvalue weighted by atomic mass is 35.5. The van der Waals surface area contributed by atoms with Crippen LogP contribution in [0.3, 0.4) is 0 Å². The number of hydrogen-bond donors (Lipinski definition) is 2. The minimum atomic E-state index is 0.127. The number of nitrogens with zero attached hydrogens (tertiary/aromatic N) is 1. The molecule has 0 fully saturated rings. The fourth-order valence-electron chi connectivity index (χ4n) is 1.37. The van der Waals surface area contributed by atoms with E-state index in [1.807, 2.05) is 0 Å². The van der Waals surface area contributed by atoms with E-state index in [2.05, 4.69) is 24.1 Å². The lowest BCUT2D eigenvalue weighted by Gasteiger charge is -2.25. The molecule has 0 aliphatic heterocycles. The number of rotatable bonds is 6. The zero-order chi connectivity index (χ0) is 12.9. The third-order valence-corrected chi connectivity index (χ3v) is 2.87. The molecule has 0 saturated carbocycles. The van der Waals surface area contributed by atoms with Crippen molar-refractivity contribution in [1.29, 1.82) is 0 Å². The summed E-state index contributed by atoms with van der Waals surface area (Å²) in [6, 6.07) is 1.69. The van der Waals surface area contributed by atoms with Crippen molar-refractivity contribution in [2.75, 3.05) is 31.3 Å². The molecule has 0 saturated heterocycles. The predicted molar refractivity (Wildman–Crippen MR) is 72.4 cm³/mol. The summed E-state index contributed by atoms with van der Waals surface area (Å²) in [5.41, 5.74) is 6.28. The summed E-state index contributed by atoms with van der Waals surface area (Å²) < 4.78 is 5.08. The second-order valence-corrected chi connectivity index (χ2v) is 5.27. The van der Waals surface area contributed by atoms with Crippen molar-refractivity contribution in [2.24, 2.45) is 5.41 Å². The first-order valence-electron chi connectivity index (χ1n) is 5.58. The lowest BCUT2D eigenvalue weighted by Crippen LogP contribution is -2.25. The van der Waals surface area contributed by atoms with Crippen LogP contribution < -0.4 is 11.1 Å². The van der Waals surface area contributed by atoms with Crippen molar-refractivity contribution >= 4 is 23.1 Å². The van der Waals surface area contributed by atoms with Gasteiger partial charge in [-0.1, -0.05) is 25.4 Å². The maximum Gasteiger partial charge on any atom is 0.144 e. The fourth-order valence-corrected chi connectivity index (χ4v) is 1.61. The molecule has 0 unspecified atom stereocenters. The van der Waals surface area contributed by atoms with Crippen LogP contribution >= 0.6 is 11.6 Å². The fraction of sp³-hybridized carbons (Fsp3) is 0.583. The molecular formula is C12H20ClN3O. The summed E-state index contributed by atoms with van der Waals surface area (Å²) in [5, 5.41) is 3.78. The normalized spacial score (nSPS) is 11.5. The number of methoxy groups -OCH3 is 1. The molecule has 3 N–H and O–H groups in total. The zero-order valence-corrected chi connectivity index (χ0v) is 11.3. The smallest absolute Gasteiger partial charge is 0.144 e. The van der Waals surface area contributed by atoms with Crippen LogP contribution in [0.2, 0.25) is 5.02 Å². The summed E-state index contributed by atoms with van der Waals surface area (Å²) in [5.74, 6) is 0.673. The Bertz CT molecular complexity index is 369. The van der Waals surface area contributed by atoms with Crippen LogP contribution in [0.15, 0.2) is 12.3 Å². The first-order chi connectivity index (χ1) is 7.94. The second-order valence-electron chi connectivity index (χ2n) is 4.86. The van der Waals surface area contributed by atoms with Crippen molar-refractivity contribution in [3.8, 4) is 0 Å². The van der Waals surface area contributed by atoms with Gasteiger partial charge in [0.1, 0.15) is 5.82 Å². The Balaban J connectivity index is 2.54. The minimum Gasteiger partial charge on any atom is -0.397 e. The van der Waals surface area contributed by atoms with Gasteiger partial charge in [-0.25, -0.2) is 4.98 Å². The van der Waals surface area contributed by atoms with E-state index in [1.165, 1.54) is 0 Å². The average Bonchev–Trinajstić information content (AvgIpc) is 2.25. The Morgan fingerprint density at radius 2 is 2.24 bits per heavy atom. The van der Waals surface area contributed by atoms with Gasteiger partial charge in [-0.05, 0) is 17.9 Å². The van der Waals surface area contributed by atoms with E-state index in [4.69, 9.17) is 22.1 Å². The second kappa shape index (κ2) is 6.07. The van der Waals surface area contributed by atoms with Gasteiger partial charge >= 0.3 is 0 Å². The number of nitrogen functional groups attached to an aromatic ring is 1. The van der Waals surface area contributed by atoms with Gasteiger partial charge in [-0.15, -0.1) is 0 Å². The monoisotopic (exact) mass is 257 g/mol. The highest BCUT2D eigenvalue weighted by Crippen LogP contribution is 2.25. The van der Waals surface area contributed by atoms with E-state index in [-0.39, 0.29) is 5.41 Å². The molecule has 0 aliphatic carbocycles. The molecule has 17 heavy (non-hydrogen) atoms. The minimum absolute atomic E-state index is 0.127. The van der Waals surface area contributed by atoms with Gasteiger partial charge in [0.2, 0.25) is 0 Å². The van der Waals surface area contributed by atoms with Gasteiger partial charge < -0.3 is 15.8 Å². The number of hydrogen-bond acceptors (Lipinski definition) is 4. The SMILES string of the molecule is COCCC(C)(C)CNc1ncc(N)cc1Cl. The quantitative estimate of drug-likeness (QED) is 0.823. The number of pyridine rings is 1. The van der Waals surface area contributed by atoms with Gasteiger partial charge in [0.15, 0.2) is 0 Å². The van der Waals surface area contributed by atoms with E-state index in [0.717, 1.165) is 19.6 Å². The van der Waals surface area contributed by atoms with Crippen LogP contribution in [-0.4, -0.2) is 25.2 Å². The van der Waals surface area contributed by atoms with Gasteiger partial charge in [-0.3, -0.25) is 0 Å². The summed E-state index contributed by atoms with van der Waals surface area (Å²) in [6.07, 6.45) is 2.57. The highest BCUT2D eigenvalue weighted by molar-refractivity contribution is 6.33. The molecule has 96 valence electrons. The van der Waals surface area contributed by atoms with Gasteiger partial charge in [0, 0.05) is 20.3 Å². The maximum absolute atomic E-state index is 6.03. The van der Waals surface area contributed by atoms with Crippen LogP contribution in [0.1, 0.15) is 20.3 Å². The molecule has 4 nitrogen and oxygen atoms in total. The number of nitrogens with two attached hydrogens (primary N) is 1. The Kier molecular flexibility index (Phi) is 5.02. The highest BCUT2D eigenvalue weighted by Gasteiger charge is 2.18. The number of halogens is 1. The number of anilines is 2. The lowest BCUT2D eigenvalue weighted by molar-refractivity contribution is 0.157. The van der Waals surface area contributed by atoms with Crippen molar-refractivity contribution in [2.45, 2.75) is 20.3 Å². The third-order valence-electron chi connectivity index (χ3n) is 2.58. The molecule has 0 aromatic carbocycles. The average molecular weight is 258 g/mol. The van der Waals surface area contributed by atoms with Crippen molar-refractivity contribution in [3.05, 3.63) is 17.3 Å². The summed E-state index contributed by atoms with van der Waals surface area (Å²) in [4.78, 5) is 4.16. The molecule has 0 spiro atoms. The van der Waals surface area contributed by atoms with Gasteiger partial charge in [0.05, 0.1) is 16.9 Å². The molecule has 5 heteroatoms.